The van der Waals surface area contributed by atoms with E-state index in [1.807, 2.05) is 24.3 Å². The van der Waals surface area contributed by atoms with Crippen LogP contribution in [0.15, 0.2) is 43.0 Å². The van der Waals surface area contributed by atoms with E-state index in [4.69, 9.17) is 4.74 Å². The largest absolute Gasteiger partial charge is 0.372 e. The van der Waals surface area contributed by atoms with Crippen LogP contribution < -0.4 is 10.2 Å². The van der Waals surface area contributed by atoms with Crippen LogP contribution in [-0.4, -0.2) is 40.8 Å². The minimum atomic E-state index is -0.0654. The molecule has 0 unspecified atom stereocenters. The number of nitrogens with zero attached hydrogens (tertiary/aromatic N) is 3. The molecular formula is C17H22N4O2. The first-order chi connectivity index (χ1) is 11.1. The summed E-state index contributed by atoms with van der Waals surface area (Å²) in [4.78, 5) is 18.2. The number of hydrogen-bond acceptors (Lipinski definition) is 4. The van der Waals surface area contributed by atoms with Gasteiger partial charge in [0.25, 0.3) is 0 Å². The minimum absolute atomic E-state index is 0.0654. The summed E-state index contributed by atoms with van der Waals surface area (Å²) >= 11 is 0. The van der Waals surface area contributed by atoms with Crippen LogP contribution in [0.4, 0.5) is 11.4 Å². The molecule has 0 saturated carbocycles. The quantitative estimate of drug-likeness (QED) is 0.939. The molecule has 1 amide bonds. The number of imidazole rings is 1. The van der Waals surface area contributed by atoms with Crippen molar-refractivity contribution in [3.63, 3.8) is 0 Å². The maximum absolute atomic E-state index is 12.0. The molecule has 0 bridgehead atoms. The number of morpholine rings is 1. The Kier molecular flexibility index (Phi) is 4.62. The van der Waals surface area contributed by atoms with E-state index in [2.05, 4.69) is 29.0 Å². The predicted octanol–water partition coefficient (Wildman–Crippen LogP) is 2.14. The molecule has 1 fully saturated rings. The average molecular weight is 314 g/mol. The van der Waals surface area contributed by atoms with E-state index >= 15 is 0 Å². The van der Waals surface area contributed by atoms with Crippen molar-refractivity contribution in [3.05, 3.63) is 43.0 Å². The summed E-state index contributed by atoms with van der Waals surface area (Å²) in [6, 6.07) is 7.95. The second kappa shape index (κ2) is 6.83. The Hall–Kier alpha value is -2.34. The molecule has 0 spiro atoms. The number of nitrogens with one attached hydrogen (secondary N) is 1. The van der Waals surface area contributed by atoms with Gasteiger partial charge in [-0.15, -0.1) is 0 Å². The molecule has 122 valence electrons. The van der Waals surface area contributed by atoms with Crippen molar-refractivity contribution in [3.8, 4) is 0 Å². The average Bonchev–Trinajstić information content (AvgIpc) is 2.99. The Morgan fingerprint density at radius 2 is 1.96 bits per heavy atom. The first kappa shape index (κ1) is 15.6. The van der Waals surface area contributed by atoms with Crippen LogP contribution in [-0.2, 0) is 16.1 Å². The first-order valence-electron chi connectivity index (χ1n) is 7.86. The summed E-state index contributed by atoms with van der Waals surface area (Å²) < 4.78 is 7.49. The van der Waals surface area contributed by atoms with Gasteiger partial charge in [0.2, 0.25) is 5.91 Å². The summed E-state index contributed by atoms with van der Waals surface area (Å²) in [5, 5.41) is 2.90. The summed E-state index contributed by atoms with van der Waals surface area (Å²) in [5.74, 6) is -0.0654. The summed E-state index contributed by atoms with van der Waals surface area (Å²) in [6.45, 7) is 6.22. The highest BCUT2D eigenvalue weighted by Crippen LogP contribution is 2.22. The monoisotopic (exact) mass is 314 g/mol. The second-order valence-electron chi connectivity index (χ2n) is 5.99. The Morgan fingerprint density at radius 1 is 1.26 bits per heavy atom. The molecule has 1 aromatic carbocycles. The number of aromatic nitrogens is 2. The van der Waals surface area contributed by atoms with Crippen LogP contribution in [0.1, 0.15) is 13.8 Å². The SMILES string of the molecule is C[C@H]1CN(c2ccc(NC(=O)Cn3ccnc3)cc2)C[C@H](C)O1. The van der Waals surface area contributed by atoms with Gasteiger partial charge in [-0.25, -0.2) is 4.98 Å². The molecule has 2 aromatic rings. The van der Waals surface area contributed by atoms with Crippen molar-refractivity contribution in [2.45, 2.75) is 32.6 Å². The maximum Gasteiger partial charge on any atom is 0.244 e. The number of benzene rings is 1. The van der Waals surface area contributed by atoms with Crippen LogP contribution >= 0.6 is 0 Å². The standard InChI is InChI=1S/C17H22N4O2/c1-13-9-21(10-14(2)23-13)16-5-3-15(4-6-16)19-17(22)11-20-8-7-18-12-20/h3-8,12-14H,9-11H2,1-2H3,(H,19,22)/t13-,14-/m0/s1. The van der Waals surface area contributed by atoms with Gasteiger partial charge in [0, 0.05) is 36.9 Å². The van der Waals surface area contributed by atoms with Gasteiger partial charge in [-0.1, -0.05) is 0 Å². The zero-order valence-electron chi connectivity index (χ0n) is 13.5. The minimum Gasteiger partial charge on any atom is -0.372 e. The van der Waals surface area contributed by atoms with Crippen LogP contribution in [0, 0.1) is 0 Å². The Balaban J connectivity index is 1.59. The lowest BCUT2D eigenvalue weighted by Gasteiger charge is -2.36. The third-order valence-electron chi connectivity index (χ3n) is 3.82. The lowest BCUT2D eigenvalue weighted by molar-refractivity contribution is -0.116. The zero-order chi connectivity index (χ0) is 16.2. The number of hydrogen-bond donors (Lipinski definition) is 1. The van der Waals surface area contributed by atoms with Crippen molar-refractivity contribution < 1.29 is 9.53 Å². The van der Waals surface area contributed by atoms with Crippen molar-refractivity contribution in [1.29, 1.82) is 0 Å². The molecule has 0 aliphatic carbocycles. The fourth-order valence-corrected chi connectivity index (χ4v) is 2.89. The molecule has 3 rings (SSSR count). The number of carbonyl (C=O) groups excluding carboxylic acids is 1. The van der Waals surface area contributed by atoms with Gasteiger partial charge < -0.3 is 19.5 Å². The molecule has 0 radical (unpaired) electrons. The molecule has 23 heavy (non-hydrogen) atoms. The van der Waals surface area contributed by atoms with E-state index in [1.165, 1.54) is 0 Å². The summed E-state index contributed by atoms with van der Waals surface area (Å²) in [6.07, 6.45) is 5.51. The molecule has 1 aliphatic rings. The fourth-order valence-electron chi connectivity index (χ4n) is 2.89. The predicted molar refractivity (Wildman–Crippen MR) is 89.5 cm³/mol. The van der Waals surface area contributed by atoms with Crippen molar-refractivity contribution in [2.24, 2.45) is 0 Å². The molecule has 1 saturated heterocycles. The highest BCUT2D eigenvalue weighted by molar-refractivity contribution is 5.90. The van der Waals surface area contributed by atoms with Gasteiger partial charge in [-0.3, -0.25) is 4.79 Å². The van der Waals surface area contributed by atoms with Gasteiger partial charge >= 0.3 is 0 Å². The van der Waals surface area contributed by atoms with Gasteiger partial charge in [0.15, 0.2) is 0 Å². The maximum atomic E-state index is 12.0. The van der Waals surface area contributed by atoms with Gasteiger partial charge in [0.1, 0.15) is 6.54 Å². The summed E-state index contributed by atoms with van der Waals surface area (Å²) in [5.41, 5.74) is 1.95. The molecule has 2 atom stereocenters. The third kappa shape index (κ3) is 4.10. The highest BCUT2D eigenvalue weighted by Gasteiger charge is 2.22. The van der Waals surface area contributed by atoms with E-state index in [0.29, 0.717) is 0 Å². The zero-order valence-corrected chi connectivity index (χ0v) is 13.5. The van der Waals surface area contributed by atoms with E-state index in [9.17, 15) is 4.79 Å². The third-order valence-corrected chi connectivity index (χ3v) is 3.82. The van der Waals surface area contributed by atoms with Crippen LogP contribution in [0.25, 0.3) is 0 Å². The molecule has 6 heteroatoms. The summed E-state index contributed by atoms with van der Waals surface area (Å²) in [7, 11) is 0. The van der Waals surface area contributed by atoms with Crippen LogP contribution in [0.2, 0.25) is 0 Å². The normalized spacial score (nSPS) is 21.2. The Morgan fingerprint density at radius 3 is 2.57 bits per heavy atom. The van der Waals surface area contributed by atoms with E-state index < -0.39 is 0 Å². The number of ether oxygens (including phenoxy) is 1. The lowest BCUT2D eigenvalue weighted by Crippen LogP contribution is -2.45. The molecule has 1 aromatic heterocycles. The fraction of sp³-hybridized carbons (Fsp3) is 0.412. The van der Waals surface area contributed by atoms with Gasteiger partial charge in [0.05, 0.1) is 18.5 Å². The second-order valence-corrected chi connectivity index (χ2v) is 5.99. The van der Waals surface area contributed by atoms with Crippen molar-refractivity contribution >= 4 is 17.3 Å². The Bertz CT molecular complexity index is 629. The number of amides is 1. The molecule has 2 heterocycles. The molecule has 6 nitrogen and oxygen atoms in total. The van der Waals surface area contributed by atoms with Gasteiger partial charge in [-0.2, -0.15) is 0 Å². The molecular weight excluding hydrogens is 292 g/mol. The highest BCUT2D eigenvalue weighted by atomic mass is 16.5. The number of anilines is 2. The Labute approximate surface area is 136 Å². The van der Waals surface area contributed by atoms with Crippen molar-refractivity contribution in [1.82, 2.24) is 9.55 Å². The van der Waals surface area contributed by atoms with E-state index in [-0.39, 0.29) is 24.7 Å². The number of rotatable bonds is 4. The number of carbonyl (C=O) groups is 1. The topological polar surface area (TPSA) is 59.4 Å². The molecule has 1 aliphatic heterocycles. The van der Waals surface area contributed by atoms with E-state index in [1.54, 1.807) is 23.3 Å². The van der Waals surface area contributed by atoms with E-state index in [0.717, 1.165) is 24.5 Å². The van der Waals surface area contributed by atoms with Crippen LogP contribution in [0.5, 0.6) is 0 Å². The van der Waals surface area contributed by atoms with Crippen molar-refractivity contribution in [2.75, 3.05) is 23.3 Å². The smallest absolute Gasteiger partial charge is 0.244 e. The molecule has 1 N–H and O–H groups in total. The first-order valence-corrected chi connectivity index (χ1v) is 7.86. The van der Waals surface area contributed by atoms with Gasteiger partial charge in [-0.05, 0) is 38.1 Å². The van der Waals surface area contributed by atoms with Crippen LogP contribution in [0.3, 0.4) is 0 Å². The lowest BCUT2D eigenvalue weighted by atomic mass is 10.2.